The van der Waals surface area contributed by atoms with Crippen LogP contribution in [0.3, 0.4) is 0 Å². The maximum absolute atomic E-state index is 7.08. The van der Waals surface area contributed by atoms with Crippen molar-refractivity contribution in [2.75, 3.05) is 6.61 Å². The van der Waals surface area contributed by atoms with Crippen LogP contribution < -0.4 is 0 Å². The zero-order valence-corrected chi connectivity index (χ0v) is 20.9. The van der Waals surface area contributed by atoms with Crippen molar-refractivity contribution in [3.05, 3.63) is 0 Å². The highest BCUT2D eigenvalue weighted by molar-refractivity contribution is 6.61. The Morgan fingerprint density at radius 2 is 1.26 bits per heavy atom. The quantitative estimate of drug-likeness (QED) is 0.172. The second kappa shape index (κ2) is 14.1. The first kappa shape index (κ1) is 27.1. The van der Waals surface area contributed by atoms with Gasteiger partial charge in [-0.25, -0.2) is 0 Å². The second-order valence-electron chi connectivity index (χ2n) is 8.43. The molecule has 0 aromatic carbocycles. The first-order valence-electron chi connectivity index (χ1n) is 11.9. The lowest BCUT2D eigenvalue weighted by atomic mass is 9.90. The van der Waals surface area contributed by atoms with Gasteiger partial charge in [0.1, 0.15) is 0 Å². The van der Waals surface area contributed by atoms with Crippen LogP contribution >= 0.6 is 0 Å². The Labute approximate surface area is 172 Å². The molecule has 0 fully saturated rings. The second-order valence-corrected chi connectivity index (χ2v) is 11.0. The van der Waals surface area contributed by atoms with Crippen LogP contribution in [0.25, 0.3) is 0 Å². The fourth-order valence-corrected chi connectivity index (χ4v) is 7.61. The third-order valence-corrected chi connectivity index (χ3v) is 9.04. The van der Waals surface area contributed by atoms with Crippen molar-refractivity contribution in [3.8, 4) is 0 Å². The summed E-state index contributed by atoms with van der Waals surface area (Å²) in [6.45, 7) is 18.7. The Morgan fingerprint density at radius 3 is 1.67 bits per heavy atom. The number of rotatable bonds is 18. The van der Waals surface area contributed by atoms with Gasteiger partial charge in [-0.05, 0) is 45.4 Å². The van der Waals surface area contributed by atoms with Gasteiger partial charge in [0, 0.05) is 12.7 Å². The summed E-state index contributed by atoms with van der Waals surface area (Å²) in [6.07, 6.45) is 11.9. The molecule has 3 nitrogen and oxygen atoms in total. The van der Waals surface area contributed by atoms with Crippen molar-refractivity contribution in [1.29, 1.82) is 0 Å². The van der Waals surface area contributed by atoms with E-state index >= 15 is 0 Å². The maximum atomic E-state index is 7.08. The molecule has 0 bridgehead atoms. The molecule has 0 amide bonds. The van der Waals surface area contributed by atoms with E-state index in [2.05, 4.69) is 55.4 Å². The van der Waals surface area contributed by atoms with Crippen molar-refractivity contribution in [1.82, 2.24) is 0 Å². The van der Waals surface area contributed by atoms with Crippen molar-refractivity contribution < 1.29 is 13.3 Å². The average molecular weight is 403 g/mol. The first-order valence-corrected chi connectivity index (χ1v) is 13.8. The zero-order chi connectivity index (χ0) is 20.8. The molecule has 0 spiro atoms. The minimum absolute atomic E-state index is 0.0992. The van der Waals surface area contributed by atoms with E-state index in [0.29, 0.717) is 0 Å². The van der Waals surface area contributed by atoms with Crippen LogP contribution in [0.1, 0.15) is 126 Å². The lowest BCUT2D eigenvalue weighted by Crippen LogP contribution is -2.57. The summed E-state index contributed by atoms with van der Waals surface area (Å²) in [5, 5.41) is 0. The zero-order valence-electron chi connectivity index (χ0n) is 19.9. The van der Waals surface area contributed by atoms with Crippen LogP contribution in [0.2, 0.25) is 6.04 Å². The van der Waals surface area contributed by atoms with E-state index < -0.39 is 8.80 Å². The Bertz CT molecular complexity index is 358. The van der Waals surface area contributed by atoms with Gasteiger partial charge in [-0.2, -0.15) is 0 Å². The van der Waals surface area contributed by atoms with Gasteiger partial charge in [-0.15, -0.1) is 0 Å². The van der Waals surface area contributed by atoms with Gasteiger partial charge in [0.15, 0.2) is 0 Å². The molecule has 0 heterocycles. The number of hydrogen-bond donors (Lipinski definition) is 0. The molecule has 2 atom stereocenters. The predicted molar refractivity (Wildman–Crippen MR) is 120 cm³/mol. The summed E-state index contributed by atoms with van der Waals surface area (Å²) < 4.78 is 20.6. The molecule has 0 saturated heterocycles. The molecule has 0 aromatic heterocycles. The third-order valence-electron chi connectivity index (χ3n) is 5.73. The molecule has 164 valence electrons. The highest BCUT2D eigenvalue weighted by Crippen LogP contribution is 2.38. The summed E-state index contributed by atoms with van der Waals surface area (Å²) in [5.74, 6) is 0. The van der Waals surface area contributed by atoms with Gasteiger partial charge in [0.05, 0.1) is 11.2 Å². The Kier molecular flexibility index (Phi) is 14.2. The molecule has 2 unspecified atom stereocenters. The molecule has 0 aliphatic heterocycles. The normalized spacial score (nSPS) is 16.9. The smallest absolute Gasteiger partial charge is 0.373 e. The summed E-state index contributed by atoms with van der Waals surface area (Å²) in [6, 6.07) is 0.922. The topological polar surface area (TPSA) is 27.7 Å². The Morgan fingerprint density at radius 1 is 0.667 bits per heavy atom. The van der Waals surface area contributed by atoms with Crippen LogP contribution in [0.5, 0.6) is 0 Å². The average Bonchev–Trinajstić information content (AvgIpc) is 2.62. The molecule has 0 rings (SSSR count). The highest BCUT2D eigenvalue weighted by Gasteiger charge is 2.50. The van der Waals surface area contributed by atoms with Gasteiger partial charge in [0.25, 0.3) is 0 Å². The minimum Gasteiger partial charge on any atom is -0.373 e. The molecule has 0 radical (unpaired) electrons. The Hall–Kier alpha value is 0.0969. The molecule has 0 saturated carbocycles. The molecule has 0 N–H and O–H groups in total. The minimum atomic E-state index is -2.76. The van der Waals surface area contributed by atoms with E-state index in [1.165, 1.54) is 0 Å². The summed E-state index contributed by atoms with van der Waals surface area (Å²) in [4.78, 5) is 0. The summed E-state index contributed by atoms with van der Waals surface area (Å²) in [5.41, 5.74) is -0.252. The van der Waals surface area contributed by atoms with Gasteiger partial charge in [0.2, 0.25) is 0 Å². The van der Waals surface area contributed by atoms with Crippen LogP contribution in [0.4, 0.5) is 0 Å². The van der Waals surface area contributed by atoms with E-state index in [0.717, 1.165) is 83.3 Å². The van der Waals surface area contributed by atoms with Crippen molar-refractivity contribution >= 4 is 8.80 Å². The van der Waals surface area contributed by atoms with Crippen LogP contribution in [-0.2, 0) is 13.3 Å². The fraction of sp³-hybridized carbons (Fsp3) is 1.00. The van der Waals surface area contributed by atoms with E-state index in [1.807, 2.05) is 0 Å². The maximum Gasteiger partial charge on any atom is 0.501 e. The van der Waals surface area contributed by atoms with Crippen molar-refractivity contribution in [2.24, 2.45) is 0 Å². The lowest BCUT2D eigenvalue weighted by molar-refractivity contribution is -0.0851. The van der Waals surface area contributed by atoms with Crippen LogP contribution in [0.15, 0.2) is 0 Å². The fourth-order valence-electron chi connectivity index (χ4n) is 4.03. The van der Waals surface area contributed by atoms with Crippen LogP contribution in [-0.4, -0.2) is 26.6 Å². The Balaban J connectivity index is 5.85. The van der Waals surface area contributed by atoms with E-state index in [-0.39, 0.29) is 11.2 Å². The van der Waals surface area contributed by atoms with E-state index in [1.54, 1.807) is 0 Å². The summed E-state index contributed by atoms with van der Waals surface area (Å²) >= 11 is 0. The largest absolute Gasteiger partial charge is 0.501 e. The molecule has 4 heteroatoms. The highest BCUT2D eigenvalue weighted by atomic mass is 28.4. The predicted octanol–water partition coefficient (Wildman–Crippen LogP) is 7.90. The summed E-state index contributed by atoms with van der Waals surface area (Å²) in [7, 11) is -2.76. The molecule has 0 aliphatic rings. The first-order chi connectivity index (χ1) is 12.8. The molecule has 0 aliphatic carbocycles. The molecule has 27 heavy (non-hydrogen) atoms. The standard InChI is InChI=1S/C23H50O3Si/c1-9-16-20-24-27(21-13-5,25-22(8,14-6)17-10-2)26-23(15-7,18-11-3)19-12-4/h9-21H2,1-8H3. The van der Waals surface area contributed by atoms with E-state index in [9.17, 15) is 0 Å². The number of unbranched alkanes of at least 4 members (excludes halogenated alkanes) is 1. The number of hydrogen-bond acceptors (Lipinski definition) is 3. The van der Waals surface area contributed by atoms with Crippen molar-refractivity contribution in [3.63, 3.8) is 0 Å². The lowest BCUT2D eigenvalue weighted by Gasteiger charge is -2.45. The SMILES string of the molecule is CCCCO[Si](CCC)(OC(C)(CC)CCC)OC(CC)(CCC)CCC. The molecule has 0 aromatic rings. The monoisotopic (exact) mass is 402 g/mol. The van der Waals surface area contributed by atoms with E-state index in [4.69, 9.17) is 13.3 Å². The van der Waals surface area contributed by atoms with Crippen LogP contribution in [0, 0.1) is 0 Å². The van der Waals surface area contributed by atoms with Crippen molar-refractivity contribution in [2.45, 2.75) is 143 Å². The molecular formula is C23H50O3Si. The van der Waals surface area contributed by atoms with Gasteiger partial charge < -0.3 is 13.3 Å². The van der Waals surface area contributed by atoms with Gasteiger partial charge in [-0.3, -0.25) is 0 Å². The van der Waals surface area contributed by atoms with Gasteiger partial charge >= 0.3 is 8.80 Å². The van der Waals surface area contributed by atoms with Gasteiger partial charge in [-0.1, -0.05) is 80.6 Å². The molecular weight excluding hydrogens is 352 g/mol. The third kappa shape index (κ3) is 9.43.